The lowest BCUT2D eigenvalue weighted by Crippen LogP contribution is -2.32. The molecule has 0 saturated carbocycles. The van der Waals surface area contributed by atoms with E-state index < -0.39 is 0 Å². The van der Waals surface area contributed by atoms with Crippen LogP contribution in [0.2, 0.25) is 0 Å². The molecular formula is C19H18FN5O. The molecule has 2 aromatic heterocycles. The fourth-order valence-electron chi connectivity index (χ4n) is 3.40. The van der Waals surface area contributed by atoms with Crippen molar-refractivity contribution in [2.75, 3.05) is 6.54 Å². The topological polar surface area (TPSA) is 74.8 Å². The van der Waals surface area contributed by atoms with Gasteiger partial charge in [-0.15, -0.1) is 0 Å². The summed E-state index contributed by atoms with van der Waals surface area (Å²) in [7, 11) is 0. The van der Waals surface area contributed by atoms with E-state index in [-0.39, 0.29) is 24.2 Å². The summed E-state index contributed by atoms with van der Waals surface area (Å²) in [6.45, 7) is 0.679. The number of hydrogen-bond acceptors (Lipinski definition) is 4. The number of imidazole rings is 1. The Balaban J connectivity index is 1.59. The van der Waals surface area contributed by atoms with Crippen LogP contribution in [0.15, 0.2) is 49.1 Å². The van der Waals surface area contributed by atoms with E-state index in [1.165, 1.54) is 12.1 Å². The van der Waals surface area contributed by atoms with E-state index in [4.69, 9.17) is 0 Å². The zero-order valence-electron chi connectivity index (χ0n) is 14.1. The Morgan fingerprint density at radius 1 is 1.15 bits per heavy atom. The first-order valence-electron chi connectivity index (χ1n) is 8.57. The second kappa shape index (κ2) is 7.03. The van der Waals surface area contributed by atoms with Crippen molar-refractivity contribution in [3.05, 3.63) is 66.1 Å². The predicted octanol–water partition coefficient (Wildman–Crippen LogP) is 2.91. The van der Waals surface area contributed by atoms with Crippen molar-refractivity contribution in [1.29, 1.82) is 0 Å². The molecule has 7 heteroatoms. The molecule has 1 atom stereocenters. The molecule has 1 saturated heterocycles. The third-order valence-electron chi connectivity index (χ3n) is 4.61. The molecule has 1 aliphatic rings. The molecule has 1 fully saturated rings. The van der Waals surface area contributed by atoms with Gasteiger partial charge in [-0.05, 0) is 30.5 Å². The number of carbonyl (C=O) groups excluding carboxylic acids is 1. The molecule has 6 nitrogen and oxygen atoms in total. The van der Waals surface area contributed by atoms with Gasteiger partial charge in [-0.3, -0.25) is 9.78 Å². The summed E-state index contributed by atoms with van der Waals surface area (Å²) in [4.78, 5) is 30.9. The number of halogens is 1. The summed E-state index contributed by atoms with van der Waals surface area (Å²) in [5.41, 5.74) is 2.23. The first-order valence-corrected chi connectivity index (χ1v) is 8.57. The Morgan fingerprint density at radius 2 is 1.96 bits per heavy atom. The number of hydrogen-bond donors (Lipinski definition) is 1. The Kier molecular flexibility index (Phi) is 4.43. The lowest BCUT2D eigenvalue weighted by atomic mass is 10.1. The third-order valence-corrected chi connectivity index (χ3v) is 4.61. The van der Waals surface area contributed by atoms with E-state index in [9.17, 15) is 9.18 Å². The van der Waals surface area contributed by atoms with Crippen molar-refractivity contribution >= 4 is 5.91 Å². The Labute approximate surface area is 150 Å². The highest BCUT2D eigenvalue weighted by Crippen LogP contribution is 2.34. The highest BCUT2D eigenvalue weighted by molar-refractivity contribution is 5.79. The molecule has 0 unspecified atom stereocenters. The van der Waals surface area contributed by atoms with E-state index in [2.05, 4.69) is 19.9 Å². The number of benzene rings is 1. The van der Waals surface area contributed by atoms with Crippen LogP contribution in [-0.4, -0.2) is 37.3 Å². The van der Waals surface area contributed by atoms with Crippen LogP contribution in [0, 0.1) is 5.82 Å². The second-order valence-corrected chi connectivity index (χ2v) is 6.28. The van der Waals surface area contributed by atoms with Gasteiger partial charge in [0.2, 0.25) is 5.91 Å². The number of nitrogens with one attached hydrogen (secondary N) is 1. The summed E-state index contributed by atoms with van der Waals surface area (Å²) >= 11 is 0. The highest BCUT2D eigenvalue weighted by Gasteiger charge is 2.33. The SMILES string of the molecule is O=C(Cc1ccc(F)cc1)N1CCC[C@H]1c1nccnc1-c1ncc[nH]1. The molecule has 1 N–H and O–H groups in total. The molecule has 0 radical (unpaired) electrons. The van der Waals surface area contributed by atoms with E-state index in [1.54, 1.807) is 36.9 Å². The van der Waals surface area contributed by atoms with Crippen LogP contribution >= 0.6 is 0 Å². The minimum Gasteiger partial charge on any atom is -0.343 e. The Hall–Kier alpha value is -3.09. The fourth-order valence-corrected chi connectivity index (χ4v) is 3.40. The minimum atomic E-state index is -0.303. The second-order valence-electron chi connectivity index (χ2n) is 6.28. The van der Waals surface area contributed by atoms with Crippen molar-refractivity contribution in [2.24, 2.45) is 0 Å². The number of carbonyl (C=O) groups is 1. The van der Waals surface area contributed by atoms with Crippen LogP contribution in [0.1, 0.15) is 30.1 Å². The molecule has 0 aliphatic carbocycles. The monoisotopic (exact) mass is 351 g/mol. The van der Waals surface area contributed by atoms with E-state index in [1.807, 2.05) is 4.90 Å². The number of amides is 1. The molecule has 26 heavy (non-hydrogen) atoms. The van der Waals surface area contributed by atoms with Crippen molar-refractivity contribution in [2.45, 2.75) is 25.3 Å². The van der Waals surface area contributed by atoms with Gasteiger partial charge >= 0.3 is 0 Å². The van der Waals surface area contributed by atoms with Gasteiger partial charge < -0.3 is 9.88 Å². The van der Waals surface area contributed by atoms with Crippen molar-refractivity contribution < 1.29 is 9.18 Å². The standard InChI is InChI=1S/C19H18FN5O/c20-14-5-3-13(4-6-14)12-16(26)25-11-1-2-15(25)17-18(22-8-7-21-17)19-23-9-10-24-19/h3-10,15H,1-2,11-12H2,(H,23,24)/t15-/m0/s1. The van der Waals surface area contributed by atoms with Gasteiger partial charge in [-0.25, -0.2) is 14.4 Å². The molecule has 132 valence electrons. The lowest BCUT2D eigenvalue weighted by Gasteiger charge is -2.25. The van der Waals surface area contributed by atoms with Gasteiger partial charge in [-0.1, -0.05) is 12.1 Å². The minimum absolute atomic E-state index is 0.00940. The predicted molar refractivity (Wildman–Crippen MR) is 93.4 cm³/mol. The average molecular weight is 351 g/mol. The average Bonchev–Trinajstić information content (AvgIpc) is 3.35. The Morgan fingerprint density at radius 3 is 2.73 bits per heavy atom. The Bertz CT molecular complexity index is 895. The molecular weight excluding hydrogens is 333 g/mol. The highest BCUT2D eigenvalue weighted by atomic mass is 19.1. The van der Waals surface area contributed by atoms with Crippen LogP contribution < -0.4 is 0 Å². The zero-order chi connectivity index (χ0) is 17.9. The van der Waals surface area contributed by atoms with E-state index >= 15 is 0 Å². The maximum Gasteiger partial charge on any atom is 0.227 e. The number of H-pyrrole nitrogens is 1. The van der Waals surface area contributed by atoms with Gasteiger partial charge in [-0.2, -0.15) is 0 Å². The number of rotatable bonds is 4. The maximum atomic E-state index is 13.1. The van der Waals surface area contributed by atoms with Gasteiger partial charge in [0.25, 0.3) is 0 Å². The van der Waals surface area contributed by atoms with Crippen LogP contribution in [0.3, 0.4) is 0 Å². The van der Waals surface area contributed by atoms with Crippen LogP contribution in [0.5, 0.6) is 0 Å². The molecule has 0 spiro atoms. The summed E-state index contributed by atoms with van der Waals surface area (Å²) < 4.78 is 13.1. The third kappa shape index (κ3) is 3.20. The molecule has 0 bridgehead atoms. The van der Waals surface area contributed by atoms with Gasteiger partial charge in [0.1, 0.15) is 11.5 Å². The van der Waals surface area contributed by atoms with Crippen molar-refractivity contribution in [3.8, 4) is 11.5 Å². The largest absolute Gasteiger partial charge is 0.343 e. The first-order chi connectivity index (χ1) is 12.7. The number of likely N-dealkylation sites (tertiary alicyclic amines) is 1. The summed E-state index contributed by atoms with van der Waals surface area (Å²) in [6, 6.07) is 5.92. The van der Waals surface area contributed by atoms with Gasteiger partial charge in [0, 0.05) is 31.3 Å². The van der Waals surface area contributed by atoms with Gasteiger partial charge in [0.15, 0.2) is 5.82 Å². The lowest BCUT2D eigenvalue weighted by molar-refractivity contribution is -0.131. The van der Waals surface area contributed by atoms with Crippen molar-refractivity contribution in [1.82, 2.24) is 24.8 Å². The molecule has 1 aliphatic heterocycles. The fraction of sp³-hybridized carbons (Fsp3) is 0.263. The summed E-state index contributed by atoms with van der Waals surface area (Å²) in [5, 5.41) is 0. The van der Waals surface area contributed by atoms with E-state index in [0.717, 1.165) is 24.1 Å². The quantitative estimate of drug-likeness (QED) is 0.784. The van der Waals surface area contributed by atoms with Crippen molar-refractivity contribution in [3.63, 3.8) is 0 Å². The molecule has 3 heterocycles. The molecule has 1 amide bonds. The number of aromatic nitrogens is 4. The van der Waals surface area contributed by atoms with Crippen LogP contribution in [0.25, 0.3) is 11.5 Å². The van der Waals surface area contributed by atoms with Gasteiger partial charge in [0.05, 0.1) is 18.2 Å². The first kappa shape index (κ1) is 16.4. The summed E-state index contributed by atoms with van der Waals surface area (Å²) in [5.74, 6) is 0.351. The molecule has 3 aromatic rings. The van der Waals surface area contributed by atoms with E-state index in [0.29, 0.717) is 18.1 Å². The summed E-state index contributed by atoms with van der Waals surface area (Å²) in [6.07, 6.45) is 8.66. The molecule has 4 rings (SSSR count). The van der Waals surface area contributed by atoms with Crippen LogP contribution in [0.4, 0.5) is 4.39 Å². The number of nitrogens with zero attached hydrogens (tertiary/aromatic N) is 4. The van der Waals surface area contributed by atoms with Crippen LogP contribution in [-0.2, 0) is 11.2 Å². The normalized spacial score (nSPS) is 16.8. The smallest absolute Gasteiger partial charge is 0.227 e. The maximum absolute atomic E-state index is 13.1. The zero-order valence-corrected chi connectivity index (χ0v) is 14.1. The molecule has 1 aromatic carbocycles. The number of aromatic amines is 1.